The maximum Gasteiger partial charge on any atom is 0.0543 e. The molecule has 0 bridgehead atoms. The van der Waals surface area contributed by atoms with E-state index in [0.29, 0.717) is 0 Å². The van der Waals surface area contributed by atoms with Crippen LogP contribution in [0, 0.1) is 12.3 Å². The second kappa shape index (κ2) is 15.2. The lowest BCUT2D eigenvalue weighted by Crippen LogP contribution is -2.18. The van der Waals surface area contributed by atoms with Crippen LogP contribution < -0.4 is 4.90 Å². The summed E-state index contributed by atoms with van der Waals surface area (Å²) in [6.45, 7) is 18.0. The van der Waals surface area contributed by atoms with Crippen molar-refractivity contribution in [3.8, 4) is 39.1 Å². The average Bonchev–Trinajstić information content (AvgIpc) is 3.71. The first-order valence-electron chi connectivity index (χ1n) is 21.3. The largest absolute Gasteiger partial charge is 0.310 e. The van der Waals surface area contributed by atoms with Gasteiger partial charge in [0.1, 0.15) is 0 Å². The highest BCUT2D eigenvalue weighted by atomic mass is 15.1. The molecule has 2 heteroatoms. The minimum absolute atomic E-state index is 0.0349. The summed E-state index contributed by atoms with van der Waals surface area (Å²) in [5.41, 5.74) is 19.7. The van der Waals surface area contributed by atoms with Crippen molar-refractivity contribution in [2.24, 2.45) is 5.41 Å². The van der Waals surface area contributed by atoms with Crippen LogP contribution in [0.4, 0.5) is 11.4 Å². The third-order valence-corrected chi connectivity index (χ3v) is 12.6. The number of para-hydroxylation sites is 1. The molecule has 0 aliphatic heterocycles. The van der Waals surface area contributed by atoms with E-state index >= 15 is 0 Å². The molecule has 0 N–H and O–H groups in total. The van der Waals surface area contributed by atoms with E-state index in [1.807, 2.05) is 0 Å². The van der Waals surface area contributed by atoms with Gasteiger partial charge in [0.15, 0.2) is 0 Å². The van der Waals surface area contributed by atoms with Crippen LogP contribution in [0.2, 0.25) is 0 Å². The Labute approximate surface area is 356 Å². The Morgan fingerprint density at radius 3 is 1.92 bits per heavy atom. The average molecular weight is 779 g/mol. The molecule has 0 saturated carbocycles. The van der Waals surface area contributed by atoms with Crippen molar-refractivity contribution < 1.29 is 0 Å². The highest BCUT2D eigenvalue weighted by Gasteiger charge is 2.37. The second-order valence-corrected chi connectivity index (χ2v) is 17.8. The fourth-order valence-corrected chi connectivity index (χ4v) is 9.46. The minimum Gasteiger partial charge on any atom is -0.310 e. The predicted octanol–water partition coefficient (Wildman–Crippen LogP) is 16.3. The highest BCUT2D eigenvalue weighted by molar-refractivity contribution is 6.10. The van der Waals surface area contributed by atoms with Gasteiger partial charge in [0, 0.05) is 38.8 Å². The predicted molar refractivity (Wildman–Crippen MR) is 259 cm³/mol. The number of rotatable bonds is 8. The summed E-state index contributed by atoms with van der Waals surface area (Å²) in [5, 5.41) is 2.50. The van der Waals surface area contributed by atoms with Crippen molar-refractivity contribution in [2.45, 2.75) is 60.8 Å². The van der Waals surface area contributed by atoms with Crippen molar-refractivity contribution in [3.05, 3.63) is 210 Å². The molecule has 60 heavy (non-hydrogen) atoms. The maximum atomic E-state index is 2.45. The van der Waals surface area contributed by atoms with Gasteiger partial charge >= 0.3 is 0 Å². The van der Waals surface area contributed by atoms with Crippen LogP contribution in [0.25, 0.3) is 60.9 Å². The Morgan fingerprint density at radius 1 is 0.567 bits per heavy atom. The summed E-state index contributed by atoms with van der Waals surface area (Å²) in [4.78, 5) is 2.45. The maximum absolute atomic E-state index is 2.45. The number of anilines is 2. The van der Waals surface area contributed by atoms with Crippen molar-refractivity contribution >= 4 is 33.2 Å². The van der Waals surface area contributed by atoms with E-state index in [-0.39, 0.29) is 10.8 Å². The first kappa shape index (κ1) is 38.9. The molecule has 0 spiro atoms. The van der Waals surface area contributed by atoms with Gasteiger partial charge in [-0.05, 0) is 125 Å². The molecular formula is C58H54N2. The standard InChI is InChI=1S/C58H54N2/c1-9-44(57(4,5)6)30-35-45(10-2)59(55-24-16-22-52-56(55)49-20-11-13-21-51(49)58(52,7)8)46-31-25-41(26-32-46)43-29-36-54-50(38-43)48-19-12-14-23-53(48)60(54)47-33-27-40(28-34-47)42-18-15-17-39(3)37-42/h9-38H,1-8H3/b35-30-,44-9+,45-10+. The van der Waals surface area contributed by atoms with E-state index in [1.54, 1.807) is 0 Å². The summed E-state index contributed by atoms with van der Waals surface area (Å²) >= 11 is 0. The zero-order valence-electron chi connectivity index (χ0n) is 36.2. The molecule has 0 amide bonds. The molecule has 9 rings (SSSR count). The lowest BCUT2D eigenvalue weighted by molar-refractivity contribution is 0.516. The first-order valence-corrected chi connectivity index (χ1v) is 21.3. The van der Waals surface area contributed by atoms with Crippen molar-refractivity contribution in [1.82, 2.24) is 4.57 Å². The monoisotopic (exact) mass is 778 g/mol. The Bertz CT molecular complexity index is 2990. The Hall–Kier alpha value is -6.64. The Balaban J connectivity index is 1.13. The van der Waals surface area contributed by atoms with E-state index < -0.39 is 0 Å². The zero-order chi connectivity index (χ0) is 41.8. The number of aryl methyl sites for hydroxylation is 1. The molecule has 0 radical (unpaired) electrons. The lowest BCUT2D eigenvalue weighted by atomic mass is 9.82. The molecule has 1 aromatic heterocycles. The van der Waals surface area contributed by atoms with Crippen LogP contribution >= 0.6 is 0 Å². The summed E-state index contributed by atoms with van der Waals surface area (Å²) < 4.78 is 2.40. The number of hydrogen-bond donors (Lipinski definition) is 0. The summed E-state index contributed by atoms with van der Waals surface area (Å²) in [5.74, 6) is 0. The van der Waals surface area contributed by atoms with Gasteiger partial charge in [-0.3, -0.25) is 0 Å². The second-order valence-electron chi connectivity index (χ2n) is 17.8. The highest BCUT2D eigenvalue weighted by Crippen LogP contribution is 2.53. The van der Waals surface area contributed by atoms with Crippen molar-refractivity contribution in [1.29, 1.82) is 0 Å². The molecule has 1 aliphatic carbocycles. The normalized spacial score (nSPS) is 13.9. The number of benzene rings is 7. The molecule has 0 unspecified atom stereocenters. The van der Waals surface area contributed by atoms with Crippen LogP contribution in [0.5, 0.6) is 0 Å². The number of allylic oxidation sites excluding steroid dienone is 5. The Kier molecular flexibility index (Phi) is 9.84. The molecule has 0 saturated heterocycles. The molecule has 0 atom stereocenters. The Morgan fingerprint density at radius 2 is 1.20 bits per heavy atom. The van der Waals surface area contributed by atoms with Gasteiger partial charge in [0.25, 0.3) is 0 Å². The van der Waals surface area contributed by atoms with Gasteiger partial charge < -0.3 is 9.47 Å². The fraction of sp³-hybridized carbons (Fsp3) is 0.172. The molecule has 7 aromatic carbocycles. The van der Waals surface area contributed by atoms with E-state index in [1.165, 1.54) is 83.1 Å². The van der Waals surface area contributed by atoms with Crippen LogP contribution in [-0.4, -0.2) is 4.57 Å². The number of aromatic nitrogens is 1. The molecule has 296 valence electrons. The van der Waals surface area contributed by atoms with Crippen molar-refractivity contribution in [3.63, 3.8) is 0 Å². The topological polar surface area (TPSA) is 8.17 Å². The SMILES string of the molecule is C\C=C(/C=C\C(=C/C)C(C)(C)C)N(c1ccc(-c2ccc3c(c2)c2ccccc2n3-c2ccc(-c3cccc(C)c3)cc2)cc1)c1cccc2c1-c1ccccc1C2(C)C. The minimum atomic E-state index is -0.0969. The summed E-state index contributed by atoms with van der Waals surface area (Å²) in [6.07, 6.45) is 9.06. The lowest BCUT2D eigenvalue weighted by Gasteiger charge is -2.30. The third kappa shape index (κ3) is 6.71. The molecule has 1 aliphatic rings. The van der Waals surface area contributed by atoms with E-state index in [9.17, 15) is 0 Å². The molecule has 1 heterocycles. The molecule has 8 aromatic rings. The number of nitrogens with zero attached hydrogens (tertiary/aromatic N) is 2. The molecule has 0 fully saturated rings. The van der Waals surface area contributed by atoms with E-state index in [4.69, 9.17) is 0 Å². The van der Waals surface area contributed by atoms with Gasteiger partial charge in [-0.25, -0.2) is 0 Å². The van der Waals surface area contributed by atoms with E-state index in [2.05, 4.69) is 247 Å². The fourth-order valence-electron chi connectivity index (χ4n) is 9.46. The van der Waals surface area contributed by atoms with Gasteiger partial charge in [-0.15, -0.1) is 0 Å². The van der Waals surface area contributed by atoms with Gasteiger partial charge in [0.05, 0.1) is 16.7 Å². The van der Waals surface area contributed by atoms with Gasteiger partial charge in [-0.2, -0.15) is 0 Å². The third-order valence-electron chi connectivity index (χ3n) is 12.6. The number of hydrogen-bond acceptors (Lipinski definition) is 1. The first-order chi connectivity index (χ1) is 29.0. The van der Waals surface area contributed by atoms with Crippen LogP contribution in [0.15, 0.2) is 193 Å². The smallest absolute Gasteiger partial charge is 0.0543 e. The van der Waals surface area contributed by atoms with Gasteiger partial charge in [0.2, 0.25) is 0 Å². The number of fused-ring (bicyclic) bond motifs is 6. The van der Waals surface area contributed by atoms with Gasteiger partial charge in [-0.1, -0.05) is 168 Å². The van der Waals surface area contributed by atoms with Crippen LogP contribution in [0.3, 0.4) is 0 Å². The summed E-state index contributed by atoms with van der Waals surface area (Å²) in [7, 11) is 0. The van der Waals surface area contributed by atoms with Crippen LogP contribution in [0.1, 0.15) is 65.2 Å². The quantitative estimate of drug-likeness (QED) is 0.140. The van der Waals surface area contributed by atoms with E-state index in [0.717, 1.165) is 17.1 Å². The zero-order valence-corrected chi connectivity index (χ0v) is 36.2. The summed E-state index contributed by atoms with van der Waals surface area (Å²) in [6, 6.07) is 58.4. The molecule has 2 nitrogen and oxygen atoms in total. The van der Waals surface area contributed by atoms with Crippen molar-refractivity contribution in [2.75, 3.05) is 4.90 Å². The molecular weight excluding hydrogens is 725 g/mol. The van der Waals surface area contributed by atoms with Crippen LogP contribution in [-0.2, 0) is 5.41 Å².